The van der Waals surface area contributed by atoms with Crippen LogP contribution in [0.25, 0.3) is 0 Å². The molecule has 0 bridgehead atoms. The predicted octanol–water partition coefficient (Wildman–Crippen LogP) is 0.651. The highest BCUT2D eigenvalue weighted by Gasteiger charge is 2.04. The number of aliphatic hydroxyl groups is 1. The van der Waals surface area contributed by atoms with Gasteiger partial charge in [-0.2, -0.15) is 0 Å². The van der Waals surface area contributed by atoms with Gasteiger partial charge in [0.2, 0.25) is 0 Å². The van der Waals surface area contributed by atoms with E-state index >= 15 is 0 Å². The molecule has 0 saturated carbocycles. The first kappa shape index (κ1) is 9.54. The molecule has 0 aliphatic heterocycles. The molecule has 4 heteroatoms. The van der Waals surface area contributed by atoms with Crippen LogP contribution in [0, 0.1) is 5.41 Å². The van der Waals surface area contributed by atoms with Crippen molar-refractivity contribution in [2.24, 2.45) is 0 Å². The molecule has 1 aromatic carbocycles. The smallest absolute Gasteiger partial charge is 0.157 e. The normalized spacial score (nSPS) is 12.4. The Morgan fingerprint density at radius 2 is 2.00 bits per heavy atom. The summed E-state index contributed by atoms with van der Waals surface area (Å²) in [6, 6.07) is 4.30. The van der Waals surface area contributed by atoms with Gasteiger partial charge >= 0.3 is 0 Å². The molecule has 0 saturated heterocycles. The molecule has 1 rings (SSSR count). The van der Waals surface area contributed by atoms with Crippen LogP contribution in [-0.4, -0.2) is 27.6 Å². The summed E-state index contributed by atoms with van der Waals surface area (Å²) < 4.78 is 0. The minimum absolute atomic E-state index is 0.187. The molecule has 0 radical (unpaired) electrons. The van der Waals surface area contributed by atoms with E-state index in [1.807, 2.05) is 0 Å². The SMILES string of the molecule is N=CC(O)Cc1ccc(O)c(O)c1. The van der Waals surface area contributed by atoms with Crippen LogP contribution in [0.2, 0.25) is 0 Å². The van der Waals surface area contributed by atoms with E-state index in [9.17, 15) is 0 Å². The second-order valence-electron chi connectivity index (χ2n) is 2.76. The molecule has 1 unspecified atom stereocenters. The third-order valence-electron chi connectivity index (χ3n) is 1.68. The first-order valence-electron chi connectivity index (χ1n) is 3.83. The zero-order valence-corrected chi connectivity index (χ0v) is 6.94. The molecule has 4 nitrogen and oxygen atoms in total. The lowest BCUT2D eigenvalue weighted by molar-refractivity contribution is 0.246. The van der Waals surface area contributed by atoms with Crippen LogP contribution in [0.4, 0.5) is 0 Å². The topological polar surface area (TPSA) is 84.5 Å². The molecular formula is C9H11NO3. The third kappa shape index (κ3) is 2.45. The monoisotopic (exact) mass is 181 g/mol. The fraction of sp³-hybridized carbons (Fsp3) is 0.222. The predicted molar refractivity (Wildman–Crippen MR) is 48.3 cm³/mol. The van der Waals surface area contributed by atoms with Crippen LogP contribution in [0.1, 0.15) is 5.56 Å². The molecule has 0 aliphatic rings. The Balaban J connectivity index is 2.79. The first-order chi connectivity index (χ1) is 6.13. The minimum atomic E-state index is -0.844. The maximum absolute atomic E-state index is 9.10. The summed E-state index contributed by atoms with van der Waals surface area (Å²) in [5.41, 5.74) is 0.673. The Hall–Kier alpha value is -1.55. The van der Waals surface area contributed by atoms with Crippen molar-refractivity contribution >= 4 is 6.21 Å². The summed E-state index contributed by atoms with van der Waals surface area (Å²) in [5, 5.41) is 33.9. The quantitative estimate of drug-likeness (QED) is 0.408. The molecule has 0 spiro atoms. The van der Waals surface area contributed by atoms with Crippen molar-refractivity contribution in [1.82, 2.24) is 0 Å². The van der Waals surface area contributed by atoms with Gasteiger partial charge in [0.25, 0.3) is 0 Å². The lowest BCUT2D eigenvalue weighted by Crippen LogP contribution is -2.10. The van der Waals surface area contributed by atoms with Crippen molar-refractivity contribution in [2.75, 3.05) is 0 Å². The van der Waals surface area contributed by atoms with E-state index in [0.29, 0.717) is 5.56 Å². The van der Waals surface area contributed by atoms with E-state index in [1.54, 1.807) is 6.07 Å². The van der Waals surface area contributed by atoms with Gasteiger partial charge in [0.05, 0.1) is 6.10 Å². The molecule has 4 N–H and O–H groups in total. The van der Waals surface area contributed by atoms with Crippen molar-refractivity contribution in [3.05, 3.63) is 23.8 Å². The Morgan fingerprint density at radius 1 is 1.31 bits per heavy atom. The average Bonchev–Trinajstić information content (AvgIpc) is 2.11. The zero-order chi connectivity index (χ0) is 9.84. The summed E-state index contributed by atoms with van der Waals surface area (Å²) in [6.07, 6.45) is 0.338. The summed E-state index contributed by atoms with van der Waals surface area (Å²) in [7, 11) is 0. The van der Waals surface area contributed by atoms with Gasteiger partial charge in [-0.05, 0) is 17.7 Å². The number of aliphatic hydroxyl groups excluding tert-OH is 1. The first-order valence-corrected chi connectivity index (χ1v) is 3.83. The van der Waals surface area contributed by atoms with Gasteiger partial charge in [0, 0.05) is 12.6 Å². The standard InChI is InChI=1S/C9H11NO3/c10-5-7(11)3-6-1-2-8(12)9(13)4-6/h1-2,4-5,7,10-13H,3H2. The van der Waals surface area contributed by atoms with Crippen LogP contribution in [0.15, 0.2) is 18.2 Å². The van der Waals surface area contributed by atoms with Gasteiger partial charge in [-0.1, -0.05) is 6.07 Å². The van der Waals surface area contributed by atoms with Crippen LogP contribution >= 0.6 is 0 Å². The molecule has 1 atom stereocenters. The van der Waals surface area contributed by atoms with Crippen molar-refractivity contribution in [3.63, 3.8) is 0 Å². The zero-order valence-electron chi connectivity index (χ0n) is 6.94. The number of hydrogen-bond acceptors (Lipinski definition) is 4. The van der Waals surface area contributed by atoms with Gasteiger partial charge in [-0.3, -0.25) is 0 Å². The number of aromatic hydroxyl groups is 2. The van der Waals surface area contributed by atoms with Gasteiger partial charge in [0.15, 0.2) is 11.5 Å². The average molecular weight is 181 g/mol. The van der Waals surface area contributed by atoms with E-state index in [2.05, 4.69) is 0 Å². The highest BCUT2D eigenvalue weighted by molar-refractivity contribution is 5.59. The van der Waals surface area contributed by atoms with E-state index in [-0.39, 0.29) is 17.9 Å². The van der Waals surface area contributed by atoms with Crippen LogP contribution < -0.4 is 0 Å². The summed E-state index contributed by atoms with van der Waals surface area (Å²) in [5.74, 6) is -0.400. The van der Waals surface area contributed by atoms with Crippen LogP contribution in [0.5, 0.6) is 11.5 Å². The van der Waals surface area contributed by atoms with E-state index in [4.69, 9.17) is 20.7 Å². The minimum Gasteiger partial charge on any atom is -0.504 e. The van der Waals surface area contributed by atoms with E-state index in [1.165, 1.54) is 12.1 Å². The van der Waals surface area contributed by atoms with Crippen molar-refractivity contribution in [2.45, 2.75) is 12.5 Å². The number of phenolic OH excluding ortho intramolecular Hbond substituents is 2. The Morgan fingerprint density at radius 3 is 2.54 bits per heavy atom. The van der Waals surface area contributed by atoms with Crippen molar-refractivity contribution in [3.8, 4) is 11.5 Å². The molecular weight excluding hydrogens is 170 g/mol. The van der Waals surface area contributed by atoms with Gasteiger partial charge in [-0.15, -0.1) is 0 Å². The molecule has 1 aromatic rings. The molecule has 0 fully saturated rings. The van der Waals surface area contributed by atoms with Gasteiger partial charge in [0.1, 0.15) is 0 Å². The lowest BCUT2D eigenvalue weighted by Gasteiger charge is -2.05. The van der Waals surface area contributed by atoms with Gasteiger partial charge < -0.3 is 20.7 Å². The lowest BCUT2D eigenvalue weighted by atomic mass is 10.1. The molecule has 0 heterocycles. The molecule has 13 heavy (non-hydrogen) atoms. The number of rotatable bonds is 3. The van der Waals surface area contributed by atoms with Crippen molar-refractivity contribution < 1.29 is 15.3 Å². The number of hydrogen-bond donors (Lipinski definition) is 4. The van der Waals surface area contributed by atoms with E-state index in [0.717, 1.165) is 6.21 Å². The molecule has 0 aliphatic carbocycles. The highest BCUT2D eigenvalue weighted by Crippen LogP contribution is 2.25. The Kier molecular flexibility index (Phi) is 2.87. The number of phenols is 2. The highest BCUT2D eigenvalue weighted by atomic mass is 16.3. The maximum atomic E-state index is 9.10. The molecule has 0 aromatic heterocycles. The third-order valence-corrected chi connectivity index (χ3v) is 1.68. The molecule has 70 valence electrons. The largest absolute Gasteiger partial charge is 0.504 e. The summed E-state index contributed by atoms with van der Waals surface area (Å²) >= 11 is 0. The van der Waals surface area contributed by atoms with Crippen LogP contribution in [-0.2, 0) is 6.42 Å². The molecule has 0 amide bonds. The Bertz CT molecular complexity index is 312. The summed E-state index contributed by atoms with van der Waals surface area (Å²) in [6.45, 7) is 0. The Labute approximate surface area is 75.6 Å². The second kappa shape index (κ2) is 3.91. The summed E-state index contributed by atoms with van der Waals surface area (Å²) in [4.78, 5) is 0. The fourth-order valence-corrected chi connectivity index (χ4v) is 0.996. The van der Waals surface area contributed by atoms with Crippen LogP contribution in [0.3, 0.4) is 0 Å². The number of benzene rings is 1. The second-order valence-corrected chi connectivity index (χ2v) is 2.76. The van der Waals surface area contributed by atoms with Gasteiger partial charge in [-0.25, -0.2) is 0 Å². The maximum Gasteiger partial charge on any atom is 0.157 e. The fourth-order valence-electron chi connectivity index (χ4n) is 0.996. The number of nitrogens with one attached hydrogen (secondary N) is 1. The van der Waals surface area contributed by atoms with Crippen molar-refractivity contribution in [1.29, 1.82) is 5.41 Å². The van der Waals surface area contributed by atoms with E-state index < -0.39 is 6.10 Å².